The molecule has 0 aromatic heterocycles. The molecule has 3 aromatic carbocycles. The number of carbonyl (C=O) groups excluding carboxylic acids is 2. The number of hydrogen-bond acceptors (Lipinski definition) is 5. The smallest absolute Gasteiger partial charge is 0.394 e. The van der Waals surface area contributed by atoms with Gasteiger partial charge >= 0.3 is 11.9 Å². The van der Waals surface area contributed by atoms with Crippen molar-refractivity contribution in [1.82, 2.24) is 5.32 Å². The van der Waals surface area contributed by atoms with Crippen molar-refractivity contribution in [2.24, 2.45) is 0 Å². The Labute approximate surface area is 194 Å². The summed E-state index contributed by atoms with van der Waals surface area (Å²) in [5.41, 5.74) is 2.48. The molecule has 4 N–H and O–H groups in total. The van der Waals surface area contributed by atoms with Gasteiger partial charge < -0.3 is 25.6 Å². The lowest BCUT2D eigenvalue weighted by Crippen LogP contribution is -2.22. The molecule has 0 atom stereocenters. The van der Waals surface area contributed by atoms with Gasteiger partial charge in [-0.2, -0.15) is 0 Å². The Balaban J connectivity index is 1.76. The van der Waals surface area contributed by atoms with E-state index in [1.165, 1.54) is 18.2 Å². The predicted octanol–water partition coefficient (Wildman–Crippen LogP) is 4.41. The van der Waals surface area contributed by atoms with E-state index in [1.807, 2.05) is 0 Å². The Hall–Kier alpha value is -4.04. The maximum Gasteiger partial charge on any atom is 0.394 e. The number of benzene rings is 3. The first kappa shape index (κ1) is 23.6. The van der Waals surface area contributed by atoms with E-state index in [0.29, 0.717) is 33.3 Å². The number of aliphatic carboxylic acids is 1. The Morgan fingerprint density at radius 2 is 1.61 bits per heavy atom. The molecule has 0 unspecified atom stereocenters. The normalized spacial score (nSPS) is 10.4. The molecule has 170 valence electrons. The molecule has 0 aliphatic carbocycles. The maximum atomic E-state index is 12.6. The first-order chi connectivity index (χ1) is 15.6. The van der Waals surface area contributed by atoms with E-state index in [1.54, 1.807) is 50.2 Å². The zero-order valence-corrected chi connectivity index (χ0v) is 18.6. The van der Waals surface area contributed by atoms with E-state index in [9.17, 15) is 19.5 Å². The molecule has 0 aliphatic rings. The molecular formula is C24H21ClN2O6. The SMILES string of the molecule is Cc1cc(NC(=O)C(=O)O)cc(C)c1Oc1ccc(O)c(C(=O)NCc2ccc(Cl)cc2)c1. The average molecular weight is 469 g/mol. The molecule has 0 aliphatic heterocycles. The van der Waals surface area contributed by atoms with Crippen LogP contribution in [0.5, 0.6) is 17.2 Å². The molecular weight excluding hydrogens is 448 g/mol. The summed E-state index contributed by atoms with van der Waals surface area (Å²) < 4.78 is 5.93. The van der Waals surface area contributed by atoms with Crippen LogP contribution in [0.2, 0.25) is 5.02 Å². The number of phenols is 1. The summed E-state index contributed by atoms with van der Waals surface area (Å²) in [4.78, 5) is 34.7. The van der Waals surface area contributed by atoms with Crippen LogP contribution in [0.1, 0.15) is 27.0 Å². The zero-order chi connectivity index (χ0) is 24.1. The van der Waals surface area contributed by atoms with Crippen LogP contribution in [-0.2, 0) is 16.1 Å². The lowest BCUT2D eigenvalue weighted by atomic mass is 10.1. The number of carboxylic acid groups (broad SMARTS) is 1. The van der Waals surface area contributed by atoms with Crippen molar-refractivity contribution in [2.75, 3.05) is 5.32 Å². The van der Waals surface area contributed by atoms with Crippen molar-refractivity contribution >= 4 is 35.1 Å². The van der Waals surface area contributed by atoms with Crippen LogP contribution in [0, 0.1) is 13.8 Å². The summed E-state index contributed by atoms with van der Waals surface area (Å²) in [6, 6.07) is 14.5. The molecule has 0 spiro atoms. The van der Waals surface area contributed by atoms with E-state index in [2.05, 4.69) is 10.6 Å². The number of carbonyl (C=O) groups is 3. The number of aromatic hydroxyl groups is 1. The number of phenolic OH excluding ortho intramolecular Hbond substituents is 1. The van der Waals surface area contributed by atoms with Gasteiger partial charge in [-0.05, 0) is 73.0 Å². The minimum Gasteiger partial charge on any atom is -0.507 e. The van der Waals surface area contributed by atoms with Crippen molar-refractivity contribution in [3.05, 3.63) is 81.9 Å². The fourth-order valence-electron chi connectivity index (χ4n) is 3.13. The van der Waals surface area contributed by atoms with Crippen LogP contribution in [-0.4, -0.2) is 28.0 Å². The number of halogens is 1. The Kier molecular flexibility index (Phi) is 7.20. The summed E-state index contributed by atoms with van der Waals surface area (Å²) in [6.07, 6.45) is 0. The molecule has 0 saturated carbocycles. The van der Waals surface area contributed by atoms with E-state index < -0.39 is 17.8 Å². The molecule has 0 radical (unpaired) electrons. The van der Waals surface area contributed by atoms with Crippen molar-refractivity contribution < 1.29 is 29.3 Å². The third-order valence-corrected chi connectivity index (χ3v) is 4.96. The number of nitrogens with one attached hydrogen (secondary N) is 2. The third kappa shape index (κ3) is 6.02. The molecule has 3 rings (SSSR count). The van der Waals surface area contributed by atoms with Crippen molar-refractivity contribution in [2.45, 2.75) is 20.4 Å². The second kappa shape index (κ2) is 10.1. The Morgan fingerprint density at radius 1 is 0.970 bits per heavy atom. The molecule has 0 fully saturated rings. The highest BCUT2D eigenvalue weighted by Crippen LogP contribution is 2.33. The summed E-state index contributed by atoms with van der Waals surface area (Å²) >= 11 is 5.86. The number of aryl methyl sites for hydroxylation is 2. The highest BCUT2D eigenvalue weighted by molar-refractivity contribution is 6.36. The minimum absolute atomic E-state index is 0.0436. The van der Waals surface area contributed by atoms with Crippen LogP contribution >= 0.6 is 11.6 Å². The summed E-state index contributed by atoms with van der Waals surface area (Å²) in [5, 5.41) is 24.5. The van der Waals surface area contributed by atoms with Gasteiger partial charge in [-0.1, -0.05) is 23.7 Å². The fourth-order valence-corrected chi connectivity index (χ4v) is 3.25. The van der Waals surface area contributed by atoms with Gasteiger partial charge in [0.05, 0.1) is 5.56 Å². The topological polar surface area (TPSA) is 125 Å². The van der Waals surface area contributed by atoms with Crippen LogP contribution in [0.25, 0.3) is 0 Å². The van der Waals surface area contributed by atoms with E-state index >= 15 is 0 Å². The number of carboxylic acids is 1. The van der Waals surface area contributed by atoms with Gasteiger partial charge in [-0.3, -0.25) is 9.59 Å². The first-order valence-electron chi connectivity index (χ1n) is 9.83. The van der Waals surface area contributed by atoms with Crippen molar-refractivity contribution in [1.29, 1.82) is 0 Å². The van der Waals surface area contributed by atoms with Gasteiger partial charge in [0.1, 0.15) is 17.2 Å². The second-order valence-electron chi connectivity index (χ2n) is 7.29. The molecule has 0 saturated heterocycles. The lowest BCUT2D eigenvalue weighted by molar-refractivity contribution is -0.147. The quantitative estimate of drug-likeness (QED) is 0.397. The summed E-state index contributed by atoms with van der Waals surface area (Å²) in [7, 11) is 0. The Morgan fingerprint density at radius 3 is 2.21 bits per heavy atom. The molecule has 8 nitrogen and oxygen atoms in total. The van der Waals surface area contributed by atoms with Gasteiger partial charge in [0.15, 0.2) is 0 Å². The third-order valence-electron chi connectivity index (χ3n) is 4.71. The summed E-state index contributed by atoms with van der Waals surface area (Å²) in [6.45, 7) is 3.72. The minimum atomic E-state index is -1.59. The van der Waals surface area contributed by atoms with Gasteiger partial charge in [0.2, 0.25) is 0 Å². The van der Waals surface area contributed by atoms with Crippen LogP contribution in [0.15, 0.2) is 54.6 Å². The fraction of sp³-hybridized carbons (Fsp3) is 0.125. The lowest BCUT2D eigenvalue weighted by Gasteiger charge is -2.15. The average Bonchev–Trinajstić information content (AvgIpc) is 2.76. The van der Waals surface area contributed by atoms with Crippen molar-refractivity contribution in [3.8, 4) is 17.2 Å². The van der Waals surface area contributed by atoms with E-state index in [4.69, 9.17) is 21.4 Å². The number of anilines is 1. The second-order valence-corrected chi connectivity index (χ2v) is 7.73. The monoisotopic (exact) mass is 468 g/mol. The predicted molar refractivity (Wildman–Crippen MR) is 123 cm³/mol. The molecule has 2 amide bonds. The maximum absolute atomic E-state index is 12.6. The van der Waals surface area contributed by atoms with Gasteiger partial charge in [0.25, 0.3) is 5.91 Å². The summed E-state index contributed by atoms with van der Waals surface area (Å²) in [5.74, 6) is -2.62. The molecule has 0 heterocycles. The molecule has 3 aromatic rings. The molecule has 0 bridgehead atoms. The van der Waals surface area contributed by atoms with E-state index in [-0.39, 0.29) is 17.9 Å². The standard InChI is InChI=1S/C24H21ClN2O6/c1-13-9-17(27-23(30)24(31)32)10-14(2)21(13)33-18-7-8-20(28)19(11-18)22(29)26-12-15-3-5-16(25)6-4-15/h3-11,28H,12H2,1-2H3,(H,26,29)(H,27,30)(H,31,32). The number of ether oxygens (including phenoxy) is 1. The highest BCUT2D eigenvalue weighted by atomic mass is 35.5. The number of rotatable bonds is 6. The van der Waals surface area contributed by atoms with Gasteiger partial charge in [-0.15, -0.1) is 0 Å². The number of amides is 2. The van der Waals surface area contributed by atoms with Crippen LogP contribution < -0.4 is 15.4 Å². The Bertz CT molecular complexity index is 1200. The molecule has 9 heteroatoms. The van der Waals surface area contributed by atoms with Crippen molar-refractivity contribution in [3.63, 3.8) is 0 Å². The zero-order valence-electron chi connectivity index (χ0n) is 17.8. The van der Waals surface area contributed by atoms with E-state index in [0.717, 1.165) is 5.56 Å². The largest absolute Gasteiger partial charge is 0.507 e. The first-order valence-corrected chi connectivity index (χ1v) is 10.2. The van der Waals surface area contributed by atoms with Gasteiger partial charge in [-0.25, -0.2) is 4.79 Å². The van der Waals surface area contributed by atoms with Gasteiger partial charge in [0, 0.05) is 17.3 Å². The van der Waals surface area contributed by atoms with Crippen LogP contribution in [0.4, 0.5) is 5.69 Å². The molecule has 33 heavy (non-hydrogen) atoms. The number of hydrogen-bond donors (Lipinski definition) is 4. The highest BCUT2D eigenvalue weighted by Gasteiger charge is 2.16. The van der Waals surface area contributed by atoms with Crippen LogP contribution in [0.3, 0.4) is 0 Å².